The predicted molar refractivity (Wildman–Crippen MR) is 72.8 cm³/mol. The fraction of sp³-hybridized carbons (Fsp3) is 0.200. The van der Waals surface area contributed by atoms with Crippen LogP contribution in [0.3, 0.4) is 0 Å². The minimum absolute atomic E-state index is 0.581. The Hall–Kier alpha value is -2.00. The summed E-state index contributed by atoms with van der Waals surface area (Å²) in [4.78, 5) is 0. The molecule has 3 heteroatoms. The van der Waals surface area contributed by atoms with Crippen LogP contribution in [0.2, 0.25) is 0 Å². The summed E-state index contributed by atoms with van der Waals surface area (Å²) in [5.74, 6) is 1.62. The zero-order chi connectivity index (χ0) is 13.0. The van der Waals surface area contributed by atoms with Crippen LogP contribution < -0.4 is 10.5 Å². The lowest BCUT2D eigenvalue weighted by Gasteiger charge is -2.10. The van der Waals surface area contributed by atoms with E-state index in [1.165, 1.54) is 0 Å². The van der Waals surface area contributed by atoms with Gasteiger partial charge in [0.25, 0.3) is 0 Å². The van der Waals surface area contributed by atoms with Gasteiger partial charge in [-0.05, 0) is 48.4 Å². The van der Waals surface area contributed by atoms with Gasteiger partial charge in [-0.25, -0.2) is 0 Å². The molecule has 0 atom stereocenters. The molecule has 0 aliphatic carbocycles. The third kappa shape index (κ3) is 3.02. The summed E-state index contributed by atoms with van der Waals surface area (Å²) < 4.78 is 10.9. The zero-order valence-electron chi connectivity index (χ0n) is 10.6. The monoisotopic (exact) mass is 243 g/mol. The summed E-state index contributed by atoms with van der Waals surface area (Å²) in [6, 6.07) is 13.5. The highest BCUT2D eigenvalue weighted by Crippen LogP contribution is 2.27. The highest BCUT2D eigenvalue weighted by Gasteiger charge is 2.02. The summed E-state index contributed by atoms with van der Waals surface area (Å²) in [7, 11) is 1.68. The van der Waals surface area contributed by atoms with Crippen molar-refractivity contribution in [3.05, 3.63) is 53.6 Å². The molecule has 2 rings (SSSR count). The lowest BCUT2D eigenvalue weighted by molar-refractivity contribution is 0.184. The van der Waals surface area contributed by atoms with Gasteiger partial charge in [-0.1, -0.05) is 12.1 Å². The van der Waals surface area contributed by atoms with Gasteiger partial charge in [0.2, 0.25) is 0 Å². The third-order valence-electron chi connectivity index (χ3n) is 2.64. The molecule has 0 saturated heterocycles. The highest BCUT2D eigenvalue weighted by molar-refractivity contribution is 5.48. The minimum Gasteiger partial charge on any atom is -0.457 e. The predicted octanol–water partition coefficient (Wildman–Crippen LogP) is 3.52. The van der Waals surface area contributed by atoms with Crippen molar-refractivity contribution < 1.29 is 9.47 Å². The average molecular weight is 243 g/mol. The Bertz CT molecular complexity index is 538. The number of rotatable bonds is 4. The van der Waals surface area contributed by atoms with Crippen molar-refractivity contribution in [1.82, 2.24) is 0 Å². The molecular weight excluding hydrogens is 226 g/mol. The van der Waals surface area contributed by atoms with E-state index >= 15 is 0 Å². The second kappa shape index (κ2) is 5.56. The maximum Gasteiger partial charge on any atom is 0.130 e. The number of methoxy groups -OCH3 is 1. The summed E-state index contributed by atoms with van der Waals surface area (Å²) in [5.41, 5.74) is 8.56. The molecule has 3 nitrogen and oxygen atoms in total. The highest BCUT2D eigenvalue weighted by atomic mass is 16.5. The SMILES string of the molecule is COCc1cccc(Oc2ccc(N)cc2C)c1. The average Bonchev–Trinajstić information content (AvgIpc) is 2.34. The molecule has 0 amide bonds. The van der Waals surface area contributed by atoms with E-state index in [-0.39, 0.29) is 0 Å². The van der Waals surface area contributed by atoms with Gasteiger partial charge in [0.15, 0.2) is 0 Å². The molecule has 0 aliphatic rings. The number of hydrogen-bond donors (Lipinski definition) is 1. The van der Waals surface area contributed by atoms with Crippen LogP contribution in [0.25, 0.3) is 0 Å². The molecule has 0 bridgehead atoms. The fourth-order valence-electron chi connectivity index (χ4n) is 1.78. The number of aryl methyl sites for hydroxylation is 1. The Labute approximate surface area is 107 Å². The molecule has 2 aromatic carbocycles. The second-order valence-electron chi connectivity index (χ2n) is 4.21. The van der Waals surface area contributed by atoms with Crippen LogP contribution in [0.15, 0.2) is 42.5 Å². The van der Waals surface area contributed by atoms with E-state index in [4.69, 9.17) is 15.2 Å². The second-order valence-corrected chi connectivity index (χ2v) is 4.21. The van der Waals surface area contributed by atoms with Gasteiger partial charge < -0.3 is 15.2 Å². The standard InChI is InChI=1S/C15H17NO2/c1-11-8-13(16)6-7-15(11)18-14-5-3-4-12(9-14)10-17-2/h3-9H,10,16H2,1-2H3. The first-order valence-corrected chi connectivity index (χ1v) is 5.81. The van der Waals surface area contributed by atoms with Crippen LogP contribution in [0.5, 0.6) is 11.5 Å². The summed E-state index contributed by atoms with van der Waals surface area (Å²) in [5, 5.41) is 0. The maximum absolute atomic E-state index is 5.84. The fourth-order valence-corrected chi connectivity index (χ4v) is 1.78. The Kier molecular flexibility index (Phi) is 3.85. The molecule has 0 saturated carbocycles. The van der Waals surface area contributed by atoms with Crippen LogP contribution >= 0.6 is 0 Å². The van der Waals surface area contributed by atoms with Crippen LogP contribution in [-0.2, 0) is 11.3 Å². The van der Waals surface area contributed by atoms with E-state index in [0.29, 0.717) is 6.61 Å². The van der Waals surface area contributed by atoms with E-state index < -0.39 is 0 Å². The van der Waals surface area contributed by atoms with E-state index in [1.54, 1.807) is 7.11 Å². The van der Waals surface area contributed by atoms with Crippen LogP contribution in [-0.4, -0.2) is 7.11 Å². The molecular formula is C15H17NO2. The van der Waals surface area contributed by atoms with Gasteiger partial charge in [-0.2, -0.15) is 0 Å². The first-order chi connectivity index (χ1) is 8.69. The van der Waals surface area contributed by atoms with Crippen molar-refractivity contribution in [2.75, 3.05) is 12.8 Å². The number of nitrogen functional groups attached to an aromatic ring is 1. The van der Waals surface area contributed by atoms with Crippen LogP contribution in [0.4, 0.5) is 5.69 Å². The molecule has 0 heterocycles. The maximum atomic E-state index is 5.84. The third-order valence-corrected chi connectivity index (χ3v) is 2.64. The number of hydrogen-bond acceptors (Lipinski definition) is 3. The Balaban J connectivity index is 2.20. The Morgan fingerprint density at radius 3 is 2.67 bits per heavy atom. The first kappa shape index (κ1) is 12.5. The quantitative estimate of drug-likeness (QED) is 0.836. The summed E-state index contributed by atoms with van der Waals surface area (Å²) in [6.07, 6.45) is 0. The van der Waals surface area contributed by atoms with Crippen molar-refractivity contribution in [3.63, 3.8) is 0 Å². The van der Waals surface area contributed by atoms with Crippen molar-refractivity contribution in [2.24, 2.45) is 0 Å². The summed E-state index contributed by atoms with van der Waals surface area (Å²) in [6.45, 7) is 2.56. The zero-order valence-corrected chi connectivity index (χ0v) is 10.6. The molecule has 2 N–H and O–H groups in total. The Morgan fingerprint density at radius 1 is 1.11 bits per heavy atom. The van der Waals surface area contributed by atoms with E-state index in [2.05, 4.69) is 0 Å². The number of ether oxygens (including phenoxy) is 2. The lowest BCUT2D eigenvalue weighted by atomic mass is 10.2. The topological polar surface area (TPSA) is 44.5 Å². The molecule has 0 aliphatic heterocycles. The largest absolute Gasteiger partial charge is 0.457 e. The van der Waals surface area contributed by atoms with Gasteiger partial charge in [-0.15, -0.1) is 0 Å². The summed E-state index contributed by atoms with van der Waals surface area (Å²) >= 11 is 0. The van der Waals surface area contributed by atoms with E-state index in [9.17, 15) is 0 Å². The van der Waals surface area contributed by atoms with Gasteiger partial charge in [0, 0.05) is 12.8 Å². The molecule has 0 unspecified atom stereocenters. The van der Waals surface area contributed by atoms with E-state index in [0.717, 1.165) is 28.3 Å². The Morgan fingerprint density at radius 2 is 1.94 bits per heavy atom. The molecule has 0 radical (unpaired) electrons. The van der Waals surface area contributed by atoms with Crippen molar-refractivity contribution in [3.8, 4) is 11.5 Å². The van der Waals surface area contributed by atoms with Gasteiger partial charge in [0.05, 0.1) is 6.61 Å². The van der Waals surface area contributed by atoms with Crippen molar-refractivity contribution in [2.45, 2.75) is 13.5 Å². The van der Waals surface area contributed by atoms with Crippen molar-refractivity contribution >= 4 is 5.69 Å². The number of nitrogens with two attached hydrogens (primary N) is 1. The smallest absolute Gasteiger partial charge is 0.130 e. The first-order valence-electron chi connectivity index (χ1n) is 5.81. The van der Waals surface area contributed by atoms with Crippen LogP contribution in [0.1, 0.15) is 11.1 Å². The normalized spacial score (nSPS) is 10.3. The van der Waals surface area contributed by atoms with Crippen molar-refractivity contribution in [1.29, 1.82) is 0 Å². The van der Waals surface area contributed by atoms with Gasteiger partial charge in [0.1, 0.15) is 11.5 Å². The van der Waals surface area contributed by atoms with Gasteiger partial charge >= 0.3 is 0 Å². The van der Waals surface area contributed by atoms with Gasteiger partial charge in [-0.3, -0.25) is 0 Å². The van der Waals surface area contributed by atoms with E-state index in [1.807, 2.05) is 49.4 Å². The minimum atomic E-state index is 0.581. The molecule has 0 aromatic heterocycles. The molecule has 2 aromatic rings. The molecule has 18 heavy (non-hydrogen) atoms. The molecule has 94 valence electrons. The van der Waals surface area contributed by atoms with Crippen LogP contribution in [0, 0.1) is 6.92 Å². The lowest BCUT2D eigenvalue weighted by Crippen LogP contribution is -1.92. The molecule has 0 spiro atoms. The number of anilines is 1. The number of benzene rings is 2. The molecule has 0 fully saturated rings.